The first kappa shape index (κ1) is 13.8. The van der Waals surface area contributed by atoms with Crippen molar-refractivity contribution >= 4 is 5.91 Å². The monoisotopic (exact) mass is 273 g/mol. The molecule has 0 fully saturated rings. The Hall–Kier alpha value is -2.63. The number of aromatic nitrogens is 2. The molecule has 2 aromatic rings. The second-order valence-electron chi connectivity index (χ2n) is 4.50. The molecule has 1 amide bonds. The molecule has 1 aromatic carbocycles. The molecule has 0 saturated carbocycles. The van der Waals surface area contributed by atoms with Gasteiger partial charge in [-0.15, -0.1) is 0 Å². The van der Waals surface area contributed by atoms with Gasteiger partial charge in [0, 0.05) is 6.20 Å². The molecule has 0 radical (unpaired) electrons. The number of H-pyrrole nitrogens is 1. The molecule has 104 valence electrons. The van der Waals surface area contributed by atoms with Gasteiger partial charge in [-0.25, -0.2) is 4.98 Å². The Bertz CT molecular complexity index is 692. The van der Waals surface area contributed by atoms with Crippen molar-refractivity contribution in [3.63, 3.8) is 0 Å². The predicted octanol–water partition coefficient (Wildman–Crippen LogP) is 1.32. The number of nitrogens with one attached hydrogen (secondary N) is 1. The van der Waals surface area contributed by atoms with Crippen LogP contribution in [-0.4, -0.2) is 22.0 Å². The summed E-state index contributed by atoms with van der Waals surface area (Å²) in [5.74, 6) is 0.130. The highest BCUT2D eigenvalue weighted by Crippen LogP contribution is 2.27. The molecule has 6 nitrogen and oxygen atoms in total. The first-order valence-electron chi connectivity index (χ1n) is 6.14. The van der Waals surface area contributed by atoms with Gasteiger partial charge in [-0.05, 0) is 26.0 Å². The number of nitrogens with zero attached hydrogens (tertiary/aromatic N) is 1. The average Bonchev–Trinajstić information content (AvgIpc) is 2.38. The van der Waals surface area contributed by atoms with E-state index < -0.39 is 11.5 Å². The third-order valence-corrected chi connectivity index (χ3v) is 2.57. The molecule has 1 heterocycles. The summed E-state index contributed by atoms with van der Waals surface area (Å²) < 4.78 is 5.66. The van der Waals surface area contributed by atoms with E-state index >= 15 is 0 Å². The normalized spacial score (nSPS) is 10.6. The van der Waals surface area contributed by atoms with Gasteiger partial charge in [-0.2, -0.15) is 0 Å². The molecular weight excluding hydrogens is 258 g/mol. The minimum atomic E-state index is -0.808. The van der Waals surface area contributed by atoms with Crippen LogP contribution in [0.15, 0.2) is 35.3 Å². The fourth-order valence-electron chi connectivity index (χ4n) is 1.73. The van der Waals surface area contributed by atoms with E-state index in [9.17, 15) is 9.59 Å². The molecule has 1 aromatic heterocycles. The van der Waals surface area contributed by atoms with E-state index in [-0.39, 0.29) is 11.7 Å². The molecule has 6 heteroatoms. The lowest BCUT2D eigenvalue weighted by Crippen LogP contribution is -2.24. The van der Waals surface area contributed by atoms with Crippen molar-refractivity contribution in [2.24, 2.45) is 5.73 Å². The van der Waals surface area contributed by atoms with Crippen LogP contribution in [0.5, 0.6) is 5.75 Å². The number of ether oxygens (including phenoxy) is 1. The molecule has 2 rings (SSSR count). The van der Waals surface area contributed by atoms with Crippen LogP contribution >= 0.6 is 0 Å². The highest BCUT2D eigenvalue weighted by molar-refractivity contribution is 5.92. The Morgan fingerprint density at radius 2 is 2.05 bits per heavy atom. The lowest BCUT2D eigenvalue weighted by molar-refractivity contribution is 0.0998. The first-order chi connectivity index (χ1) is 9.49. The zero-order chi connectivity index (χ0) is 14.7. The zero-order valence-corrected chi connectivity index (χ0v) is 11.2. The van der Waals surface area contributed by atoms with Crippen LogP contribution in [0.3, 0.4) is 0 Å². The number of carbonyl (C=O) groups is 1. The molecular formula is C14H15N3O3. The van der Waals surface area contributed by atoms with Gasteiger partial charge in [-0.3, -0.25) is 9.59 Å². The van der Waals surface area contributed by atoms with Crippen molar-refractivity contribution in [1.29, 1.82) is 0 Å². The van der Waals surface area contributed by atoms with E-state index in [4.69, 9.17) is 10.5 Å². The number of hydrogen-bond acceptors (Lipinski definition) is 4. The minimum absolute atomic E-state index is 0.00670. The van der Waals surface area contributed by atoms with Gasteiger partial charge in [0.25, 0.3) is 11.5 Å². The van der Waals surface area contributed by atoms with Crippen LogP contribution < -0.4 is 16.0 Å². The number of amides is 1. The fraction of sp³-hybridized carbons (Fsp3) is 0.214. The van der Waals surface area contributed by atoms with E-state index in [0.717, 1.165) is 0 Å². The van der Waals surface area contributed by atoms with Crippen molar-refractivity contribution in [1.82, 2.24) is 9.97 Å². The van der Waals surface area contributed by atoms with Gasteiger partial charge in [-0.1, -0.05) is 12.1 Å². The first-order valence-corrected chi connectivity index (χ1v) is 6.14. The van der Waals surface area contributed by atoms with Crippen LogP contribution in [0.2, 0.25) is 0 Å². The second kappa shape index (κ2) is 5.56. The van der Waals surface area contributed by atoms with Gasteiger partial charge in [0.05, 0.1) is 11.7 Å². The number of carbonyl (C=O) groups excluding carboxylic acids is 1. The molecule has 20 heavy (non-hydrogen) atoms. The third-order valence-electron chi connectivity index (χ3n) is 2.57. The van der Waals surface area contributed by atoms with E-state index in [1.807, 2.05) is 26.0 Å². The number of hydrogen-bond donors (Lipinski definition) is 2. The van der Waals surface area contributed by atoms with E-state index in [1.165, 1.54) is 6.20 Å². The summed E-state index contributed by atoms with van der Waals surface area (Å²) in [6, 6.07) is 7.21. The van der Waals surface area contributed by atoms with Crippen molar-refractivity contribution < 1.29 is 9.53 Å². The van der Waals surface area contributed by atoms with Gasteiger partial charge in [0.1, 0.15) is 17.1 Å². The van der Waals surface area contributed by atoms with Crippen LogP contribution in [0.1, 0.15) is 24.2 Å². The highest BCUT2D eigenvalue weighted by Gasteiger charge is 2.12. The van der Waals surface area contributed by atoms with Gasteiger partial charge in [0.2, 0.25) is 0 Å². The molecule has 0 saturated heterocycles. The molecule has 0 atom stereocenters. The summed E-state index contributed by atoms with van der Waals surface area (Å²) in [5.41, 5.74) is 4.98. The van der Waals surface area contributed by atoms with Crippen LogP contribution in [0.25, 0.3) is 11.4 Å². The SMILES string of the molecule is CC(C)Oc1ccccc1-c1ncc(C(N)=O)c(=O)[nH]1. The predicted molar refractivity (Wildman–Crippen MR) is 74.6 cm³/mol. The summed E-state index contributed by atoms with van der Waals surface area (Å²) >= 11 is 0. The maximum absolute atomic E-state index is 11.8. The van der Waals surface area contributed by atoms with E-state index in [1.54, 1.807) is 12.1 Å². The zero-order valence-electron chi connectivity index (χ0n) is 11.2. The van der Waals surface area contributed by atoms with Gasteiger partial charge < -0.3 is 15.5 Å². The largest absolute Gasteiger partial charge is 0.490 e. The Balaban J connectivity index is 2.49. The Labute approximate surface area is 115 Å². The van der Waals surface area contributed by atoms with E-state index in [2.05, 4.69) is 9.97 Å². The molecule has 3 N–H and O–H groups in total. The molecule has 0 spiro atoms. The maximum Gasteiger partial charge on any atom is 0.264 e. The average molecular weight is 273 g/mol. The molecule has 0 aliphatic carbocycles. The summed E-state index contributed by atoms with van der Waals surface area (Å²) in [6.45, 7) is 3.81. The van der Waals surface area contributed by atoms with Crippen molar-refractivity contribution in [2.45, 2.75) is 20.0 Å². The van der Waals surface area contributed by atoms with Crippen molar-refractivity contribution in [3.05, 3.63) is 46.4 Å². The summed E-state index contributed by atoms with van der Waals surface area (Å²) in [4.78, 5) is 29.4. The number of para-hydroxylation sites is 1. The number of benzene rings is 1. The number of rotatable bonds is 4. The highest BCUT2D eigenvalue weighted by atomic mass is 16.5. The minimum Gasteiger partial charge on any atom is -0.490 e. The number of aromatic amines is 1. The summed E-state index contributed by atoms with van der Waals surface area (Å²) in [6.07, 6.45) is 1.16. The van der Waals surface area contributed by atoms with Crippen molar-refractivity contribution in [3.8, 4) is 17.1 Å². The smallest absolute Gasteiger partial charge is 0.264 e. The lowest BCUT2D eigenvalue weighted by atomic mass is 10.2. The third kappa shape index (κ3) is 2.85. The Morgan fingerprint density at radius 3 is 2.65 bits per heavy atom. The van der Waals surface area contributed by atoms with Gasteiger partial charge >= 0.3 is 0 Å². The number of primary amides is 1. The Kier molecular flexibility index (Phi) is 3.84. The molecule has 0 bridgehead atoms. The topological polar surface area (TPSA) is 98.1 Å². The molecule has 0 aliphatic heterocycles. The maximum atomic E-state index is 11.8. The summed E-state index contributed by atoms with van der Waals surface area (Å²) in [7, 11) is 0. The van der Waals surface area contributed by atoms with Gasteiger partial charge in [0.15, 0.2) is 0 Å². The van der Waals surface area contributed by atoms with Crippen molar-refractivity contribution in [2.75, 3.05) is 0 Å². The second-order valence-corrected chi connectivity index (χ2v) is 4.50. The summed E-state index contributed by atoms with van der Waals surface area (Å²) in [5, 5.41) is 0. The molecule has 0 unspecified atom stereocenters. The van der Waals surface area contributed by atoms with Crippen LogP contribution in [0, 0.1) is 0 Å². The Morgan fingerprint density at radius 1 is 1.35 bits per heavy atom. The molecule has 0 aliphatic rings. The quantitative estimate of drug-likeness (QED) is 0.877. The lowest BCUT2D eigenvalue weighted by Gasteiger charge is -2.13. The number of nitrogens with two attached hydrogens (primary N) is 1. The van der Waals surface area contributed by atoms with Crippen LogP contribution in [-0.2, 0) is 0 Å². The van der Waals surface area contributed by atoms with E-state index in [0.29, 0.717) is 17.1 Å². The van der Waals surface area contributed by atoms with Crippen LogP contribution in [0.4, 0.5) is 0 Å². The fourth-order valence-corrected chi connectivity index (χ4v) is 1.73. The standard InChI is InChI=1S/C14H15N3O3/c1-8(2)20-11-6-4-3-5-9(11)13-16-7-10(12(15)18)14(19)17-13/h3-8H,1-2H3,(H2,15,18)(H,16,17,19).